The highest BCUT2D eigenvalue weighted by Crippen LogP contribution is 2.39. The Balaban J connectivity index is 1.56. The van der Waals surface area contributed by atoms with Crippen molar-refractivity contribution in [3.05, 3.63) is 59.7 Å². The van der Waals surface area contributed by atoms with E-state index in [2.05, 4.69) is 29.6 Å². The third kappa shape index (κ3) is 3.00. The van der Waals surface area contributed by atoms with Gasteiger partial charge in [-0.1, -0.05) is 12.1 Å². The maximum Gasteiger partial charge on any atom is 0.119 e. The molecule has 0 aromatic heterocycles. The van der Waals surface area contributed by atoms with Crippen molar-refractivity contribution in [1.29, 1.82) is 5.26 Å². The molecule has 1 aliphatic carbocycles. The van der Waals surface area contributed by atoms with Crippen molar-refractivity contribution in [2.24, 2.45) is 0 Å². The van der Waals surface area contributed by atoms with Crippen LogP contribution in [0.15, 0.2) is 48.5 Å². The van der Waals surface area contributed by atoms with Crippen molar-refractivity contribution in [1.82, 2.24) is 0 Å². The van der Waals surface area contributed by atoms with Crippen LogP contribution >= 0.6 is 0 Å². The van der Waals surface area contributed by atoms with Gasteiger partial charge in [0.2, 0.25) is 0 Å². The number of nitrogens with one attached hydrogen (secondary N) is 1. The molecule has 21 heavy (non-hydrogen) atoms. The lowest BCUT2D eigenvalue weighted by molar-refractivity contribution is 0.370. The van der Waals surface area contributed by atoms with Crippen molar-refractivity contribution in [2.45, 2.75) is 24.8 Å². The summed E-state index contributed by atoms with van der Waals surface area (Å²) in [5.74, 6) is 1.53. The molecule has 1 saturated carbocycles. The standard InChI is InChI=1S/C18H18N2O/c1-21-18-4-2-3-14(11-18)15-9-17(10-15)20-16-7-5-13(12-19)6-8-16/h2-8,11,15,17,20H,9-10H2,1H3. The zero-order chi connectivity index (χ0) is 14.7. The second kappa shape index (κ2) is 5.88. The summed E-state index contributed by atoms with van der Waals surface area (Å²) >= 11 is 0. The Morgan fingerprint density at radius 1 is 1.14 bits per heavy atom. The predicted octanol–water partition coefficient (Wildman–Crippen LogP) is 3.92. The smallest absolute Gasteiger partial charge is 0.119 e. The molecule has 1 N–H and O–H groups in total. The Kier molecular flexibility index (Phi) is 3.79. The number of nitrogens with zero attached hydrogens (tertiary/aromatic N) is 1. The van der Waals surface area contributed by atoms with Crippen molar-refractivity contribution >= 4 is 5.69 Å². The van der Waals surface area contributed by atoms with Crippen LogP contribution in [0, 0.1) is 11.3 Å². The minimum absolute atomic E-state index is 0.508. The summed E-state index contributed by atoms with van der Waals surface area (Å²) in [5.41, 5.74) is 3.14. The van der Waals surface area contributed by atoms with E-state index in [0.717, 1.165) is 24.3 Å². The Labute approximate surface area is 125 Å². The number of ether oxygens (including phenoxy) is 1. The molecule has 0 saturated heterocycles. The fourth-order valence-corrected chi connectivity index (χ4v) is 2.78. The van der Waals surface area contributed by atoms with Gasteiger partial charge in [-0.15, -0.1) is 0 Å². The molecule has 2 aromatic carbocycles. The number of rotatable bonds is 4. The molecule has 3 rings (SSSR count). The van der Waals surface area contributed by atoms with Gasteiger partial charge in [-0.25, -0.2) is 0 Å². The Morgan fingerprint density at radius 2 is 1.90 bits per heavy atom. The molecule has 0 aliphatic heterocycles. The van der Waals surface area contributed by atoms with Gasteiger partial charge in [-0.2, -0.15) is 5.26 Å². The van der Waals surface area contributed by atoms with Crippen molar-refractivity contribution < 1.29 is 4.74 Å². The first-order valence-corrected chi connectivity index (χ1v) is 7.19. The van der Waals surface area contributed by atoms with Gasteiger partial charge in [0.15, 0.2) is 0 Å². The van der Waals surface area contributed by atoms with Crippen molar-refractivity contribution in [2.75, 3.05) is 12.4 Å². The highest BCUT2D eigenvalue weighted by atomic mass is 16.5. The molecule has 0 atom stereocenters. The third-order valence-corrected chi connectivity index (χ3v) is 4.09. The van der Waals surface area contributed by atoms with E-state index in [1.165, 1.54) is 5.56 Å². The first-order chi connectivity index (χ1) is 10.3. The molecule has 106 valence electrons. The van der Waals surface area contributed by atoms with E-state index in [1.54, 1.807) is 7.11 Å². The van der Waals surface area contributed by atoms with Gasteiger partial charge < -0.3 is 10.1 Å². The quantitative estimate of drug-likeness (QED) is 0.921. The van der Waals surface area contributed by atoms with Crippen LogP contribution < -0.4 is 10.1 Å². The summed E-state index contributed by atoms with van der Waals surface area (Å²) in [6, 6.07) is 18.6. The van der Waals surface area contributed by atoms with Gasteiger partial charge in [-0.3, -0.25) is 0 Å². The first-order valence-electron chi connectivity index (χ1n) is 7.19. The predicted molar refractivity (Wildman–Crippen MR) is 83.5 cm³/mol. The molecule has 0 amide bonds. The van der Waals surface area contributed by atoms with E-state index in [0.29, 0.717) is 17.5 Å². The lowest BCUT2D eigenvalue weighted by atomic mass is 9.76. The second-order valence-electron chi connectivity index (χ2n) is 5.48. The van der Waals surface area contributed by atoms with E-state index in [-0.39, 0.29) is 0 Å². The van der Waals surface area contributed by atoms with Crippen LogP contribution in [0.1, 0.15) is 29.9 Å². The fraction of sp³-hybridized carbons (Fsp3) is 0.278. The fourth-order valence-electron chi connectivity index (χ4n) is 2.78. The number of benzene rings is 2. The topological polar surface area (TPSA) is 45.0 Å². The monoisotopic (exact) mass is 278 g/mol. The zero-order valence-corrected chi connectivity index (χ0v) is 12.0. The van der Waals surface area contributed by atoms with Crippen LogP contribution in [-0.2, 0) is 0 Å². The molecular weight excluding hydrogens is 260 g/mol. The van der Waals surface area contributed by atoms with Gasteiger partial charge in [-0.05, 0) is 60.7 Å². The molecule has 0 unspecified atom stereocenters. The summed E-state index contributed by atoms with van der Waals surface area (Å²) < 4.78 is 5.28. The minimum Gasteiger partial charge on any atom is -0.497 e. The number of anilines is 1. The number of methoxy groups -OCH3 is 1. The largest absolute Gasteiger partial charge is 0.497 e. The molecular formula is C18H18N2O. The van der Waals surface area contributed by atoms with Crippen molar-refractivity contribution in [3.63, 3.8) is 0 Å². The lowest BCUT2D eigenvalue weighted by Crippen LogP contribution is -2.33. The second-order valence-corrected chi connectivity index (χ2v) is 5.48. The highest BCUT2D eigenvalue weighted by Gasteiger charge is 2.30. The van der Waals surface area contributed by atoms with Gasteiger partial charge in [0.25, 0.3) is 0 Å². The first kappa shape index (κ1) is 13.5. The van der Waals surface area contributed by atoms with Gasteiger partial charge in [0.05, 0.1) is 18.7 Å². The van der Waals surface area contributed by atoms with Gasteiger partial charge >= 0.3 is 0 Å². The summed E-state index contributed by atoms with van der Waals surface area (Å²) in [6.45, 7) is 0. The van der Waals surface area contributed by atoms with Gasteiger partial charge in [0.1, 0.15) is 5.75 Å². The summed E-state index contributed by atoms with van der Waals surface area (Å²) in [5, 5.41) is 12.3. The average molecular weight is 278 g/mol. The van der Waals surface area contributed by atoms with Crippen LogP contribution in [0.4, 0.5) is 5.69 Å². The minimum atomic E-state index is 0.508. The van der Waals surface area contributed by atoms with Crippen molar-refractivity contribution in [3.8, 4) is 11.8 Å². The molecule has 0 radical (unpaired) electrons. The summed E-state index contributed by atoms with van der Waals surface area (Å²) in [6.07, 6.45) is 2.26. The Bertz CT molecular complexity index is 652. The van der Waals surface area contributed by atoms with E-state index in [1.807, 2.05) is 30.3 Å². The molecule has 0 heterocycles. The van der Waals surface area contributed by atoms with Crippen LogP contribution in [0.25, 0.3) is 0 Å². The SMILES string of the molecule is COc1cccc(C2CC(Nc3ccc(C#N)cc3)C2)c1. The number of nitriles is 1. The van der Waals surface area contributed by atoms with Crippen LogP contribution in [0.2, 0.25) is 0 Å². The molecule has 2 aromatic rings. The molecule has 1 aliphatic rings. The summed E-state index contributed by atoms with van der Waals surface area (Å²) in [4.78, 5) is 0. The van der Waals surface area contributed by atoms with Gasteiger partial charge in [0, 0.05) is 11.7 Å². The van der Waals surface area contributed by atoms with Crippen LogP contribution in [-0.4, -0.2) is 13.2 Å². The number of hydrogen-bond acceptors (Lipinski definition) is 3. The normalized spacial score (nSPS) is 20.2. The number of hydrogen-bond donors (Lipinski definition) is 1. The summed E-state index contributed by atoms with van der Waals surface area (Å²) in [7, 11) is 1.70. The Hall–Kier alpha value is -2.47. The maximum absolute atomic E-state index is 8.79. The van der Waals surface area contributed by atoms with Crippen LogP contribution in [0.3, 0.4) is 0 Å². The molecule has 0 bridgehead atoms. The van der Waals surface area contributed by atoms with E-state index in [9.17, 15) is 0 Å². The van der Waals surface area contributed by atoms with E-state index < -0.39 is 0 Å². The molecule has 3 nitrogen and oxygen atoms in total. The average Bonchev–Trinajstić information content (AvgIpc) is 2.51. The molecule has 3 heteroatoms. The molecule has 1 fully saturated rings. The van der Waals surface area contributed by atoms with E-state index in [4.69, 9.17) is 10.00 Å². The maximum atomic E-state index is 8.79. The zero-order valence-electron chi connectivity index (χ0n) is 12.0. The van der Waals surface area contributed by atoms with Crippen LogP contribution in [0.5, 0.6) is 5.75 Å². The lowest BCUT2D eigenvalue weighted by Gasteiger charge is -2.37. The Morgan fingerprint density at radius 3 is 2.57 bits per heavy atom. The van der Waals surface area contributed by atoms with E-state index >= 15 is 0 Å². The highest BCUT2D eigenvalue weighted by molar-refractivity contribution is 5.48. The third-order valence-electron chi connectivity index (χ3n) is 4.09. The molecule has 0 spiro atoms.